The number of rotatable bonds is 2. The third kappa shape index (κ3) is 2.92. The summed E-state index contributed by atoms with van der Waals surface area (Å²) in [6, 6.07) is 7.23. The van der Waals surface area contributed by atoms with Crippen LogP contribution in [0.1, 0.15) is 45.1 Å². The largest absolute Gasteiger partial charge is 0.381 e. The summed E-state index contributed by atoms with van der Waals surface area (Å²) in [6.45, 7) is 8.25. The van der Waals surface area contributed by atoms with Gasteiger partial charge in [0.25, 0.3) is 0 Å². The minimum absolute atomic E-state index is 0.0658. The molecule has 2 rings (SSSR count). The van der Waals surface area contributed by atoms with E-state index in [4.69, 9.17) is 4.74 Å². The summed E-state index contributed by atoms with van der Waals surface area (Å²) in [7, 11) is 0. The number of halogens is 1. The monoisotopic (exact) mass is 250 g/mol. The van der Waals surface area contributed by atoms with Gasteiger partial charge >= 0.3 is 0 Å². The van der Waals surface area contributed by atoms with Crippen LogP contribution in [0.2, 0.25) is 0 Å². The van der Waals surface area contributed by atoms with Crippen molar-refractivity contribution >= 4 is 0 Å². The summed E-state index contributed by atoms with van der Waals surface area (Å²) in [5.74, 6) is 0.724. The molecule has 0 N–H and O–H groups in total. The van der Waals surface area contributed by atoms with Gasteiger partial charge in [-0.1, -0.05) is 39.0 Å². The van der Waals surface area contributed by atoms with Crippen molar-refractivity contribution in [2.24, 2.45) is 11.3 Å². The first-order chi connectivity index (χ1) is 8.50. The minimum Gasteiger partial charge on any atom is -0.381 e. The summed E-state index contributed by atoms with van der Waals surface area (Å²) in [4.78, 5) is 0. The van der Waals surface area contributed by atoms with Gasteiger partial charge in [-0.2, -0.15) is 0 Å². The lowest BCUT2D eigenvalue weighted by Crippen LogP contribution is -2.31. The second kappa shape index (κ2) is 5.40. The summed E-state index contributed by atoms with van der Waals surface area (Å²) < 4.78 is 19.5. The second-order valence-electron chi connectivity index (χ2n) is 6.32. The van der Waals surface area contributed by atoms with Crippen LogP contribution in [0.15, 0.2) is 24.3 Å². The van der Waals surface area contributed by atoms with Crippen molar-refractivity contribution in [3.8, 4) is 0 Å². The fraction of sp³-hybridized carbons (Fsp3) is 0.625. The maximum Gasteiger partial charge on any atom is 0.126 e. The Morgan fingerprint density at radius 2 is 1.78 bits per heavy atom. The van der Waals surface area contributed by atoms with Crippen LogP contribution < -0.4 is 0 Å². The molecule has 0 bridgehead atoms. The van der Waals surface area contributed by atoms with Gasteiger partial charge in [-0.15, -0.1) is 0 Å². The highest BCUT2D eigenvalue weighted by molar-refractivity contribution is 5.24. The van der Waals surface area contributed by atoms with Gasteiger partial charge in [-0.05, 0) is 41.7 Å². The maximum atomic E-state index is 14.1. The Balaban J connectivity index is 2.34. The molecule has 0 unspecified atom stereocenters. The van der Waals surface area contributed by atoms with Crippen LogP contribution in [-0.2, 0) is 4.74 Å². The highest BCUT2D eigenvalue weighted by Crippen LogP contribution is 2.45. The van der Waals surface area contributed by atoms with Crippen LogP contribution in [0.3, 0.4) is 0 Å². The number of benzene rings is 1. The van der Waals surface area contributed by atoms with Crippen molar-refractivity contribution < 1.29 is 9.13 Å². The summed E-state index contributed by atoms with van der Waals surface area (Å²) in [6.07, 6.45) is 2.08. The van der Waals surface area contributed by atoms with Gasteiger partial charge in [-0.25, -0.2) is 4.39 Å². The molecule has 0 spiro atoms. The van der Waals surface area contributed by atoms with Crippen molar-refractivity contribution in [1.82, 2.24) is 0 Å². The molecule has 1 aliphatic heterocycles. The lowest BCUT2D eigenvalue weighted by atomic mass is 9.67. The van der Waals surface area contributed by atoms with Crippen LogP contribution in [0.4, 0.5) is 4.39 Å². The Hall–Kier alpha value is -0.890. The minimum atomic E-state index is -0.0658. The predicted molar refractivity (Wildman–Crippen MR) is 72.1 cm³/mol. The standard InChI is InChI=1S/C16H23FO/c1-16(2,3)15(12-8-10-18-11-9-12)13-6-4-5-7-14(13)17/h4-7,12,15H,8-11H2,1-3H3/t15-/m0/s1. The van der Waals surface area contributed by atoms with Gasteiger partial charge < -0.3 is 4.74 Å². The van der Waals surface area contributed by atoms with Crippen LogP contribution in [0.25, 0.3) is 0 Å². The van der Waals surface area contributed by atoms with Crippen molar-refractivity contribution in [3.05, 3.63) is 35.6 Å². The Kier molecular flexibility index (Phi) is 4.06. The first kappa shape index (κ1) is 13.5. The fourth-order valence-electron chi connectivity index (χ4n) is 3.20. The van der Waals surface area contributed by atoms with E-state index < -0.39 is 0 Å². The zero-order chi connectivity index (χ0) is 13.2. The Morgan fingerprint density at radius 3 is 2.33 bits per heavy atom. The van der Waals surface area contributed by atoms with Gasteiger partial charge in [-0.3, -0.25) is 0 Å². The van der Waals surface area contributed by atoms with Crippen molar-refractivity contribution in [2.75, 3.05) is 13.2 Å². The Morgan fingerprint density at radius 1 is 1.17 bits per heavy atom. The molecule has 1 atom stereocenters. The van der Waals surface area contributed by atoms with Crippen LogP contribution in [0.5, 0.6) is 0 Å². The first-order valence-corrected chi connectivity index (χ1v) is 6.82. The highest BCUT2D eigenvalue weighted by Gasteiger charge is 2.35. The first-order valence-electron chi connectivity index (χ1n) is 6.82. The lowest BCUT2D eigenvalue weighted by molar-refractivity contribution is 0.0412. The van der Waals surface area contributed by atoms with Gasteiger partial charge in [0.05, 0.1) is 0 Å². The van der Waals surface area contributed by atoms with Crippen LogP contribution in [-0.4, -0.2) is 13.2 Å². The zero-order valence-electron chi connectivity index (χ0n) is 11.6. The molecule has 1 nitrogen and oxygen atoms in total. The molecule has 1 aliphatic rings. The van der Waals surface area contributed by atoms with E-state index in [-0.39, 0.29) is 17.2 Å². The Labute approximate surface area is 109 Å². The fourth-order valence-corrected chi connectivity index (χ4v) is 3.20. The number of hydrogen-bond donors (Lipinski definition) is 0. The highest BCUT2D eigenvalue weighted by atomic mass is 19.1. The SMILES string of the molecule is CC(C)(C)[C@H](c1ccccc1F)C1CCOCC1. The smallest absolute Gasteiger partial charge is 0.126 e. The van der Waals surface area contributed by atoms with E-state index in [1.807, 2.05) is 12.1 Å². The van der Waals surface area contributed by atoms with Gasteiger partial charge in [0.2, 0.25) is 0 Å². The quantitative estimate of drug-likeness (QED) is 0.756. The van der Waals surface area contributed by atoms with E-state index in [0.29, 0.717) is 5.92 Å². The van der Waals surface area contributed by atoms with E-state index >= 15 is 0 Å². The Bertz CT molecular complexity index is 388. The molecule has 1 aromatic rings. The van der Waals surface area contributed by atoms with Gasteiger partial charge in [0.15, 0.2) is 0 Å². The molecule has 0 saturated carbocycles. The average molecular weight is 250 g/mol. The molecular formula is C16H23FO. The lowest BCUT2D eigenvalue weighted by Gasteiger charge is -2.39. The van der Waals surface area contributed by atoms with Gasteiger partial charge in [0, 0.05) is 13.2 Å². The normalized spacial score (nSPS) is 19.8. The average Bonchev–Trinajstić information content (AvgIpc) is 2.32. The molecule has 2 heteroatoms. The molecule has 0 amide bonds. The summed E-state index contributed by atoms with van der Waals surface area (Å²) >= 11 is 0. The third-order valence-electron chi connectivity index (χ3n) is 3.91. The zero-order valence-corrected chi connectivity index (χ0v) is 11.6. The summed E-state index contributed by atoms with van der Waals surface area (Å²) in [5.41, 5.74) is 0.946. The molecule has 1 saturated heterocycles. The molecule has 0 aromatic heterocycles. The number of ether oxygens (including phenoxy) is 1. The van der Waals surface area contributed by atoms with E-state index in [0.717, 1.165) is 31.6 Å². The molecule has 1 aromatic carbocycles. The molecule has 18 heavy (non-hydrogen) atoms. The molecule has 100 valence electrons. The maximum absolute atomic E-state index is 14.1. The summed E-state index contributed by atoms with van der Waals surface area (Å²) in [5, 5.41) is 0. The molecule has 0 radical (unpaired) electrons. The number of hydrogen-bond acceptors (Lipinski definition) is 1. The predicted octanol–water partition coefficient (Wildman–Crippen LogP) is 4.38. The molecule has 0 aliphatic carbocycles. The van der Waals surface area contributed by atoms with E-state index in [9.17, 15) is 4.39 Å². The van der Waals surface area contributed by atoms with E-state index in [1.54, 1.807) is 12.1 Å². The van der Waals surface area contributed by atoms with Crippen LogP contribution >= 0.6 is 0 Å². The van der Waals surface area contributed by atoms with Gasteiger partial charge in [0.1, 0.15) is 5.82 Å². The van der Waals surface area contributed by atoms with E-state index in [2.05, 4.69) is 20.8 Å². The molecule has 1 fully saturated rings. The molecule has 1 heterocycles. The van der Waals surface area contributed by atoms with Crippen molar-refractivity contribution in [1.29, 1.82) is 0 Å². The van der Waals surface area contributed by atoms with Crippen molar-refractivity contribution in [3.63, 3.8) is 0 Å². The van der Waals surface area contributed by atoms with E-state index in [1.165, 1.54) is 0 Å². The van der Waals surface area contributed by atoms with Crippen molar-refractivity contribution in [2.45, 2.75) is 39.5 Å². The third-order valence-corrected chi connectivity index (χ3v) is 3.91. The topological polar surface area (TPSA) is 9.23 Å². The van der Waals surface area contributed by atoms with Crippen LogP contribution in [0, 0.1) is 17.2 Å². The molecular weight excluding hydrogens is 227 g/mol. The second-order valence-corrected chi connectivity index (χ2v) is 6.32.